The number of thioether (sulfide) groups is 1. The van der Waals surface area contributed by atoms with Gasteiger partial charge in [-0.05, 0) is 36.8 Å². The molecular formula is C12H18N2OS. The second kappa shape index (κ2) is 6.43. The van der Waals surface area contributed by atoms with E-state index in [2.05, 4.69) is 12.2 Å². The highest BCUT2D eigenvalue weighted by Gasteiger charge is 2.05. The van der Waals surface area contributed by atoms with Crippen molar-refractivity contribution in [2.45, 2.75) is 20.3 Å². The van der Waals surface area contributed by atoms with Crippen LogP contribution in [0.1, 0.15) is 18.9 Å². The first kappa shape index (κ1) is 12.9. The highest BCUT2D eigenvalue weighted by Crippen LogP contribution is 2.20. The van der Waals surface area contributed by atoms with Crippen LogP contribution >= 0.6 is 11.8 Å². The van der Waals surface area contributed by atoms with Crippen molar-refractivity contribution in [3.05, 3.63) is 23.8 Å². The summed E-state index contributed by atoms with van der Waals surface area (Å²) in [5.74, 6) is 1.55. The highest BCUT2D eigenvalue weighted by molar-refractivity contribution is 7.99. The average Bonchev–Trinajstić information content (AvgIpc) is 2.25. The summed E-state index contributed by atoms with van der Waals surface area (Å²) < 4.78 is 0. The van der Waals surface area contributed by atoms with E-state index in [0.717, 1.165) is 23.4 Å². The molecule has 0 aliphatic carbocycles. The molecule has 0 aliphatic heterocycles. The second-order valence-electron chi connectivity index (χ2n) is 3.62. The monoisotopic (exact) mass is 238 g/mol. The smallest absolute Gasteiger partial charge is 0.234 e. The molecule has 0 aliphatic rings. The van der Waals surface area contributed by atoms with E-state index in [1.807, 2.05) is 25.1 Å². The molecule has 16 heavy (non-hydrogen) atoms. The highest BCUT2D eigenvalue weighted by atomic mass is 32.2. The van der Waals surface area contributed by atoms with Gasteiger partial charge >= 0.3 is 0 Å². The number of nitrogen functional groups attached to an aromatic ring is 1. The Morgan fingerprint density at radius 1 is 1.50 bits per heavy atom. The zero-order chi connectivity index (χ0) is 12.0. The Balaban J connectivity index is 2.53. The molecule has 0 unspecified atom stereocenters. The first-order chi connectivity index (χ1) is 7.65. The number of hydrogen-bond donors (Lipinski definition) is 2. The molecule has 1 aromatic rings. The van der Waals surface area contributed by atoms with Crippen molar-refractivity contribution in [1.29, 1.82) is 0 Å². The summed E-state index contributed by atoms with van der Waals surface area (Å²) >= 11 is 1.65. The molecular weight excluding hydrogens is 220 g/mol. The Hall–Kier alpha value is -1.16. The molecule has 0 aromatic heterocycles. The van der Waals surface area contributed by atoms with Crippen LogP contribution < -0.4 is 11.1 Å². The lowest BCUT2D eigenvalue weighted by Gasteiger charge is -2.09. The normalized spacial score (nSPS) is 10.1. The van der Waals surface area contributed by atoms with Gasteiger partial charge in [-0.2, -0.15) is 11.8 Å². The van der Waals surface area contributed by atoms with Gasteiger partial charge in [0.05, 0.1) is 5.75 Å². The number of nitrogens with one attached hydrogen (secondary N) is 1. The van der Waals surface area contributed by atoms with Gasteiger partial charge < -0.3 is 11.1 Å². The zero-order valence-electron chi connectivity index (χ0n) is 9.75. The summed E-state index contributed by atoms with van der Waals surface area (Å²) in [7, 11) is 0. The summed E-state index contributed by atoms with van der Waals surface area (Å²) in [4.78, 5) is 11.6. The number of amides is 1. The third-order valence-corrected chi connectivity index (χ3v) is 3.39. The summed E-state index contributed by atoms with van der Waals surface area (Å²) in [5, 5.41) is 2.87. The van der Waals surface area contributed by atoms with Gasteiger partial charge in [-0.25, -0.2) is 0 Å². The van der Waals surface area contributed by atoms with Gasteiger partial charge in [-0.1, -0.05) is 13.0 Å². The molecule has 0 radical (unpaired) electrons. The summed E-state index contributed by atoms with van der Waals surface area (Å²) in [6.07, 6.45) is 1.09. The van der Waals surface area contributed by atoms with Gasteiger partial charge in [0.15, 0.2) is 0 Å². The average molecular weight is 238 g/mol. The van der Waals surface area contributed by atoms with Crippen molar-refractivity contribution in [3.63, 3.8) is 0 Å². The maximum Gasteiger partial charge on any atom is 0.234 e. The fourth-order valence-corrected chi connectivity index (χ4v) is 1.97. The molecule has 0 saturated carbocycles. The number of anilines is 2. The first-order valence-electron chi connectivity index (χ1n) is 5.37. The largest absolute Gasteiger partial charge is 0.398 e. The van der Waals surface area contributed by atoms with E-state index in [9.17, 15) is 4.79 Å². The second-order valence-corrected chi connectivity index (χ2v) is 4.73. The molecule has 1 aromatic carbocycles. The topological polar surface area (TPSA) is 55.1 Å². The molecule has 4 heteroatoms. The number of benzene rings is 1. The van der Waals surface area contributed by atoms with Crippen LogP contribution in [0.25, 0.3) is 0 Å². The minimum atomic E-state index is 0.0344. The van der Waals surface area contributed by atoms with Crippen molar-refractivity contribution < 1.29 is 4.79 Å². The predicted octanol–water partition coefficient (Wildman–Crippen LogP) is 2.66. The molecule has 3 N–H and O–H groups in total. The van der Waals surface area contributed by atoms with E-state index >= 15 is 0 Å². The minimum absolute atomic E-state index is 0.0344. The molecule has 88 valence electrons. The Morgan fingerprint density at radius 3 is 2.94 bits per heavy atom. The van der Waals surface area contributed by atoms with Crippen LogP contribution in [0.4, 0.5) is 11.4 Å². The fraction of sp³-hybridized carbons (Fsp3) is 0.417. The maximum atomic E-state index is 11.6. The van der Waals surface area contributed by atoms with Crippen LogP contribution in [-0.4, -0.2) is 17.4 Å². The van der Waals surface area contributed by atoms with Crippen LogP contribution in [-0.2, 0) is 4.79 Å². The molecule has 0 atom stereocenters. The van der Waals surface area contributed by atoms with Crippen LogP contribution in [0.15, 0.2) is 18.2 Å². The molecule has 3 nitrogen and oxygen atoms in total. The van der Waals surface area contributed by atoms with E-state index in [-0.39, 0.29) is 5.91 Å². The van der Waals surface area contributed by atoms with Crippen molar-refractivity contribution in [2.75, 3.05) is 22.6 Å². The van der Waals surface area contributed by atoms with E-state index in [0.29, 0.717) is 11.4 Å². The Bertz CT molecular complexity index is 366. The summed E-state index contributed by atoms with van der Waals surface area (Å²) in [6.45, 7) is 4.01. The van der Waals surface area contributed by atoms with Gasteiger partial charge in [-0.15, -0.1) is 0 Å². The van der Waals surface area contributed by atoms with E-state index in [4.69, 9.17) is 5.73 Å². The van der Waals surface area contributed by atoms with E-state index in [1.165, 1.54) is 0 Å². The maximum absolute atomic E-state index is 11.6. The van der Waals surface area contributed by atoms with E-state index in [1.54, 1.807) is 11.8 Å². The Labute approximate surface area is 101 Å². The van der Waals surface area contributed by atoms with Gasteiger partial charge in [0.2, 0.25) is 5.91 Å². The van der Waals surface area contributed by atoms with Crippen LogP contribution in [0, 0.1) is 6.92 Å². The molecule has 0 bridgehead atoms. The number of rotatable bonds is 5. The lowest BCUT2D eigenvalue weighted by atomic mass is 10.1. The quantitative estimate of drug-likeness (QED) is 0.612. The standard InChI is InChI=1S/C12H18N2OS/c1-3-7-16-8-12(15)14-11-6-4-5-10(13)9(11)2/h4-6H,3,7-8,13H2,1-2H3,(H,14,15). The Morgan fingerprint density at radius 2 is 2.25 bits per heavy atom. The third-order valence-electron chi connectivity index (χ3n) is 2.23. The molecule has 1 rings (SSSR count). The molecule has 0 spiro atoms. The van der Waals surface area contributed by atoms with Gasteiger partial charge in [0, 0.05) is 11.4 Å². The van der Waals surface area contributed by atoms with Gasteiger partial charge in [0.25, 0.3) is 0 Å². The number of carbonyl (C=O) groups is 1. The predicted molar refractivity (Wildman–Crippen MR) is 71.8 cm³/mol. The van der Waals surface area contributed by atoms with Gasteiger partial charge in [0.1, 0.15) is 0 Å². The SMILES string of the molecule is CCCSCC(=O)Nc1cccc(N)c1C. The van der Waals surface area contributed by atoms with Crippen LogP contribution in [0.2, 0.25) is 0 Å². The van der Waals surface area contributed by atoms with Crippen molar-refractivity contribution in [2.24, 2.45) is 0 Å². The minimum Gasteiger partial charge on any atom is -0.398 e. The first-order valence-corrected chi connectivity index (χ1v) is 6.53. The molecule has 0 fully saturated rings. The number of carbonyl (C=O) groups excluding carboxylic acids is 1. The van der Waals surface area contributed by atoms with Crippen molar-refractivity contribution >= 4 is 29.0 Å². The Kier molecular flexibility index (Phi) is 5.19. The molecule has 0 heterocycles. The third kappa shape index (κ3) is 3.77. The molecule has 1 amide bonds. The van der Waals surface area contributed by atoms with Gasteiger partial charge in [-0.3, -0.25) is 4.79 Å². The van der Waals surface area contributed by atoms with Crippen LogP contribution in [0.5, 0.6) is 0 Å². The van der Waals surface area contributed by atoms with Crippen molar-refractivity contribution in [1.82, 2.24) is 0 Å². The van der Waals surface area contributed by atoms with E-state index < -0.39 is 0 Å². The summed E-state index contributed by atoms with van der Waals surface area (Å²) in [6, 6.07) is 5.54. The number of nitrogens with two attached hydrogens (primary N) is 1. The lowest BCUT2D eigenvalue weighted by Crippen LogP contribution is -2.15. The number of hydrogen-bond acceptors (Lipinski definition) is 3. The lowest BCUT2D eigenvalue weighted by molar-refractivity contribution is -0.113. The summed E-state index contributed by atoms with van der Waals surface area (Å²) in [5.41, 5.74) is 8.20. The zero-order valence-corrected chi connectivity index (χ0v) is 10.6. The van der Waals surface area contributed by atoms with Crippen molar-refractivity contribution in [3.8, 4) is 0 Å². The molecule has 0 saturated heterocycles. The van der Waals surface area contributed by atoms with Crippen LogP contribution in [0.3, 0.4) is 0 Å². The fourth-order valence-electron chi connectivity index (χ4n) is 1.28.